The summed E-state index contributed by atoms with van der Waals surface area (Å²) < 4.78 is 0. The van der Waals surface area contributed by atoms with Gasteiger partial charge in [-0.1, -0.05) is 27.7 Å². The van der Waals surface area contributed by atoms with Gasteiger partial charge in [-0.05, 0) is 68.1 Å². The van der Waals surface area contributed by atoms with Crippen LogP contribution in [0.1, 0.15) is 79.6 Å². The Labute approximate surface area is 131 Å². The lowest BCUT2D eigenvalue weighted by molar-refractivity contribution is -0.136. The Bertz CT molecular complexity index is 376. The van der Waals surface area contributed by atoms with Crippen LogP contribution in [0.25, 0.3) is 0 Å². The molecule has 122 valence electrons. The van der Waals surface area contributed by atoms with E-state index in [0.717, 1.165) is 37.8 Å². The zero-order valence-electron chi connectivity index (χ0n) is 14.9. The van der Waals surface area contributed by atoms with Gasteiger partial charge in [0.15, 0.2) is 0 Å². The molecule has 0 spiro atoms. The second-order valence-corrected chi connectivity index (χ2v) is 8.77. The molecule has 21 heavy (non-hydrogen) atoms. The third-order valence-corrected chi connectivity index (χ3v) is 5.80. The number of rotatable bonds is 5. The summed E-state index contributed by atoms with van der Waals surface area (Å²) in [5, 5.41) is 0. The van der Waals surface area contributed by atoms with Crippen LogP contribution in [0.3, 0.4) is 0 Å². The fourth-order valence-corrected chi connectivity index (χ4v) is 5.80. The number of carbonyl (C=O) groups is 1. The van der Waals surface area contributed by atoms with Crippen LogP contribution in [-0.2, 0) is 4.79 Å². The Morgan fingerprint density at radius 1 is 1.19 bits per heavy atom. The molecule has 0 heterocycles. The average Bonchev–Trinajstić information content (AvgIpc) is 2.31. The van der Waals surface area contributed by atoms with E-state index in [1.807, 2.05) is 0 Å². The van der Waals surface area contributed by atoms with Crippen LogP contribution in [-0.4, -0.2) is 23.9 Å². The summed E-state index contributed by atoms with van der Waals surface area (Å²) in [6.07, 6.45) is 8.48. The summed E-state index contributed by atoms with van der Waals surface area (Å²) in [4.78, 5) is 14.7. The fourth-order valence-electron chi connectivity index (χ4n) is 5.80. The van der Waals surface area contributed by atoms with E-state index in [2.05, 4.69) is 39.5 Å². The minimum absolute atomic E-state index is 0.232. The molecule has 0 aliphatic heterocycles. The highest BCUT2D eigenvalue weighted by Crippen LogP contribution is 2.57. The van der Waals surface area contributed by atoms with Gasteiger partial charge in [-0.2, -0.15) is 0 Å². The molecule has 2 bridgehead atoms. The van der Waals surface area contributed by atoms with Crippen LogP contribution in [0, 0.1) is 22.7 Å². The topological polar surface area (TPSA) is 20.3 Å². The van der Waals surface area contributed by atoms with Crippen LogP contribution < -0.4 is 0 Å². The number of amides is 1. The highest BCUT2D eigenvalue weighted by Gasteiger charge is 2.47. The lowest BCUT2D eigenvalue weighted by Crippen LogP contribution is -2.45. The SMILES string of the molecule is CCCN(CC)C(=O)CC1(C)CC2CC(C)CC(C)(C2)C1. The number of nitrogens with zero attached hydrogens (tertiary/aromatic N) is 1. The largest absolute Gasteiger partial charge is 0.343 e. The predicted octanol–water partition coefficient (Wildman–Crippen LogP) is 4.88. The van der Waals surface area contributed by atoms with E-state index in [0.29, 0.717) is 11.3 Å². The van der Waals surface area contributed by atoms with Crippen molar-refractivity contribution in [2.45, 2.75) is 79.6 Å². The molecule has 1 amide bonds. The fraction of sp³-hybridized carbons (Fsp3) is 0.947. The molecule has 2 heteroatoms. The third-order valence-electron chi connectivity index (χ3n) is 5.80. The zero-order chi connectivity index (χ0) is 15.7. The zero-order valence-corrected chi connectivity index (χ0v) is 14.9. The number of fused-ring (bicyclic) bond motifs is 2. The minimum atomic E-state index is 0.232. The second-order valence-electron chi connectivity index (χ2n) is 8.77. The Morgan fingerprint density at radius 3 is 2.48 bits per heavy atom. The Kier molecular flexibility index (Phi) is 5.05. The van der Waals surface area contributed by atoms with Gasteiger partial charge < -0.3 is 4.90 Å². The van der Waals surface area contributed by atoms with Crippen LogP contribution in [0.2, 0.25) is 0 Å². The van der Waals surface area contributed by atoms with Gasteiger partial charge in [0.05, 0.1) is 0 Å². The molecule has 0 aromatic carbocycles. The first kappa shape index (κ1) is 16.8. The Balaban J connectivity index is 2.04. The lowest BCUT2D eigenvalue weighted by Gasteiger charge is -2.53. The molecule has 2 saturated carbocycles. The van der Waals surface area contributed by atoms with Gasteiger partial charge in [-0.15, -0.1) is 0 Å². The van der Waals surface area contributed by atoms with E-state index in [1.54, 1.807) is 0 Å². The van der Waals surface area contributed by atoms with Crippen molar-refractivity contribution in [3.8, 4) is 0 Å². The van der Waals surface area contributed by atoms with Crippen molar-refractivity contribution < 1.29 is 4.79 Å². The van der Waals surface area contributed by atoms with Gasteiger partial charge in [0.1, 0.15) is 0 Å². The standard InChI is InChI=1S/C19H35NO/c1-6-8-20(7-2)17(21)13-19(5)12-16-9-15(3)10-18(4,11-16)14-19/h15-16H,6-14H2,1-5H3. The van der Waals surface area contributed by atoms with Crippen molar-refractivity contribution in [1.29, 1.82) is 0 Å². The minimum Gasteiger partial charge on any atom is -0.343 e. The van der Waals surface area contributed by atoms with E-state index >= 15 is 0 Å². The van der Waals surface area contributed by atoms with Crippen molar-refractivity contribution in [3.63, 3.8) is 0 Å². The molecule has 2 aliphatic rings. The predicted molar refractivity (Wildman–Crippen MR) is 89.1 cm³/mol. The summed E-state index contributed by atoms with van der Waals surface area (Å²) in [5.74, 6) is 2.12. The quantitative estimate of drug-likeness (QED) is 0.707. The number of hydrogen-bond donors (Lipinski definition) is 0. The van der Waals surface area contributed by atoms with E-state index in [9.17, 15) is 4.79 Å². The molecule has 0 saturated heterocycles. The number of carbonyl (C=O) groups excluding carboxylic acids is 1. The average molecular weight is 293 g/mol. The van der Waals surface area contributed by atoms with E-state index in [1.165, 1.54) is 32.1 Å². The summed E-state index contributed by atoms with van der Waals surface area (Å²) in [5.41, 5.74) is 0.716. The molecule has 0 N–H and O–H groups in total. The molecule has 4 unspecified atom stereocenters. The highest BCUT2D eigenvalue weighted by atomic mass is 16.2. The monoisotopic (exact) mass is 293 g/mol. The van der Waals surface area contributed by atoms with Crippen molar-refractivity contribution in [2.75, 3.05) is 13.1 Å². The molecule has 0 radical (unpaired) electrons. The molecular formula is C19H35NO. The van der Waals surface area contributed by atoms with Gasteiger partial charge in [0, 0.05) is 19.5 Å². The van der Waals surface area contributed by atoms with Gasteiger partial charge in [0.25, 0.3) is 0 Å². The third kappa shape index (κ3) is 4.02. The van der Waals surface area contributed by atoms with Gasteiger partial charge in [0.2, 0.25) is 5.91 Å². The first-order valence-electron chi connectivity index (χ1n) is 9.07. The highest BCUT2D eigenvalue weighted by molar-refractivity contribution is 5.76. The van der Waals surface area contributed by atoms with E-state index in [4.69, 9.17) is 0 Å². The molecule has 0 aromatic heterocycles. The van der Waals surface area contributed by atoms with Crippen LogP contribution in [0.5, 0.6) is 0 Å². The smallest absolute Gasteiger partial charge is 0.223 e. The van der Waals surface area contributed by atoms with Crippen molar-refractivity contribution in [2.24, 2.45) is 22.7 Å². The number of hydrogen-bond acceptors (Lipinski definition) is 1. The Morgan fingerprint density at radius 2 is 1.90 bits per heavy atom. The van der Waals surface area contributed by atoms with Crippen molar-refractivity contribution >= 4 is 5.91 Å². The van der Waals surface area contributed by atoms with Crippen LogP contribution in [0.4, 0.5) is 0 Å². The summed E-state index contributed by atoms with van der Waals surface area (Å²) >= 11 is 0. The maximum absolute atomic E-state index is 12.7. The van der Waals surface area contributed by atoms with Gasteiger partial charge >= 0.3 is 0 Å². The van der Waals surface area contributed by atoms with Crippen LogP contribution in [0.15, 0.2) is 0 Å². The van der Waals surface area contributed by atoms with Gasteiger partial charge in [-0.3, -0.25) is 4.79 Å². The molecule has 2 aliphatic carbocycles. The second kappa shape index (κ2) is 6.30. The van der Waals surface area contributed by atoms with E-state index < -0.39 is 0 Å². The van der Waals surface area contributed by atoms with Crippen LogP contribution >= 0.6 is 0 Å². The molecule has 2 nitrogen and oxygen atoms in total. The first-order valence-corrected chi connectivity index (χ1v) is 9.07. The molecule has 2 rings (SSSR count). The van der Waals surface area contributed by atoms with Gasteiger partial charge in [-0.25, -0.2) is 0 Å². The maximum Gasteiger partial charge on any atom is 0.223 e. The summed E-state index contributed by atoms with van der Waals surface area (Å²) in [6, 6.07) is 0. The summed E-state index contributed by atoms with van der Waals surface area (Å²) in [6.45, 7) is 13.3. The first-order chi connectivity index (χ1) is 9.79. The van der Waals surface area contributed by atoms with Crippen molar-refractivity contribution in [1.82, 2.24) is 4.90 Å². The maximum atomic E-state index is 12.7. The molecule has 2 fully saturated rings. The molecule has 0 aromatic rings. The van der Waals surface area contributed by atoms with Crippen molar-refractivity contribution in [3.05, 3.63) is 0 Å². The van der Waals surface area contributed by atoms with E-state index in [-0.39, 0.29) is 5.41 Å². The molecule has 4 atom stereocenters. The lowest BCUT2D eigenvalue weighted by atomic mass is 9.52. The molecular weight excluding hydrogens is 258 g/mol. The normalized spacial score (nSPS) is 39.1. The Hall–Kier alpha value is -0.530. The summed E-state index contributed by atoms with van der Waals surface area (Å²) in [7, 11) is 0.